The smallest absolute Gasteiger partial charge is 0.267 e. The molecule has 0 aliphatic carbocycles. The van der Waals surface area contributed by atoms with E-state index < -0.39 is 10.8 Å². The van der Waals surface area contributed by atoms with Gasteiger partial charge in [-0.1, -0.05) is 36.4 Å². The predicted octanol–water partition coefficient (Wildman–Crippen LogP) is 3.02. The van der Waals surface area contributed by atoms with Gasteiger partial charge in [-0.25, -0.2) is 5.43 Å². The number of hydrogen-bond donors (Lipinski definition) is 1. The zero-order valence-corrected chi connectivity index (χ0v) is 11.5. The van der Waals surface area contributed by atoms with E-state index in [4.69, 9.17) is 0 Å². The first kappa shape index (κ1) is 15.1. The Labute approximate surface area is 126 Å². The zero-order valence-electron chi connectivity index (χ0n) is 11.5. The first-order valence-electron chi connectivity index (χ1n) is 6.46. The van der Waals surface area contributed by atoms with E-state index >= 15 is 0 Å². The molecule has 2 aromatic rings. The van der Waals surface area contributed by atoms with Crippen LogP contribution in [-0.4, -0.2) is 17.0 Å². The van der Waals surface area contributed by atoms with Crippen LogP contribution in [0.1, 0.15) is 15.9 Å². The van der Waals surface area contributed by atoms with Gasteiger partial charge in [0.05, 0.1) is 4.92 Å². The molecule has 0 unspecified atom stereocenters. The minimum Gasteiger partial charge on any atom is -0.267 e. The number of hydrogen-bond acceptors (Lipinski definition) is 4. The van der Waals surface area contributed by atoms with Crippen molar-refractivity contribution in [3.8, 4) is 0 Å². The Balaban J connectivity index is 1.88. The molecular weight excluding hydrogens is 282 g/mol. The summed E-state index contributed by atoms with van der Waals surface area (Å²) in [5, 5.41) is 14.3. The van der Waals surface area contributed by atoms with Gasteiger partial charge in [-0.3, -0.25) is 14.9 Å². The number of rotatable bonds is 5. The molecule has 1 amide bonds. The average Bonchev–Trinajstić information content (AvgIpc) is 2.55. The van der Waals surface area contributed by atoms with Crippen molar-refractivity contribution in [1.29, 1.82) is 0 Å². The van der Waals surface area contributed by atoms with Crippen molar-refractivity contribution in [3.05, 3.63) is 81.9 Å². The third-order valence-electron chi connectivity index (χ3n) is 2.76. The van der Waals surface area contributed by atoms with E-state index in [1.165, 1.54) is 30.5 Å². The van der Waals surface area contributed by atoms with Gasteiger partial charge >= 0.3 is 0 Å². The lowest BCUT2D eigenvalue weighted by atomic mass is 10.2. The quantitative estimate of drug-likeness (QED) is 0.522. The monoisotopic (exact) mass is 295 g/mol. The first-order chi connectivity index (χ1) is 10.7. The van der Waals surface area contributed by atoms with E-state index in [1.807, 2.05) is 36.4 Å². The van der Waals surface area contributed by atoms with Gasteiger partial charge in [0.1, 0.15) is 0 Å². The van der Waals surface area contributed by atoms with Crippen molar-refractivity contribution in [3.63, 3.8) is 0 Å². The molecule has 0 aliphatic heterocycles. The van der Waals surface area contributed by atoms with Gasteiger partial charge in [-0.2, -0.15) is 5.10 Å². The van der Waals surface area contributed by atoms with E-state index in [0.29, 0.717) is 5.56 Å². The molecule has 0 spiro atoms. The van der Waals surface area contributed by atoms with E-state index in [9.17, 15) is 14.9 Å². The predicted molar refractivity (Wildman–Crippen MR) is 84.5 cm³/mol. The molecule has 1 N–H and O–H groups in total. The molecule has 0 heterocycles. The number of nitrogens with zero attached hydrogens (tertiary/aromatic N) is 2. The van der Waals surface area contributed by atoms with Crippen molar-refractivity contribution in [2.45, 2.75) is 0 Å². The Bertz CT molecular complexity index is 707. The molecule has 110 valence electrons. The molecule has 2 aromatic carbocycles. The van der Waals surface area contributed by atoms with Crippen LogP contribution in [0.15, 0.2) is 65.8 Å². The Morgan fingerprint density at radius 1 is 1.09 bits per heavy atom. The number of carbonyl (C=O) groups is 1. The van der Waals surface area contributed by atoms with Gasteiger partial charge in [0.15, 0.2) is 0 Å². The number of hydrazone groups is 1. The normalized spacial score (nSPS) is 10.9. The molecule has 0 aromatic heterocycles. The molecule has 22 heavy (non-hydrogen) atoms. The van der Waals surface area contributed by atoms with Gasteiger partial charge in [-0.15, -0.1) is 0 Å². The first-order valence-corrected chi connectivity index (χ1v) is 6.46. The number of nitro groups is 1. The van der Waals surface area contributed by atoms with Crippen molar-refractivity contribution in [2.24, 2.45) is 5.10 Å². The number of benzene rings is 2. The zero-order chi connectivity index (χ0) is 15.8. The maximum absolute atomic E-state index is 11.7. The van der Waals surface area contributed by atoms with E-state index in [1.54, 1.807) is 6.08 Å². The molecule has 0 bridgehead atoms. The Kier molecular flexibility index (Phi) is 5.15. The summed E-state index contributed by atoms with van der Waals surface area (Å²) in [6.07, 6.45) is 5.00. The second-order valence-corrected chi connectivity index (χ2v) is 4.29. The van der Waals surface area contributed by atoms with Gasteiger partial charge < -0.3 is 0 Å². The van der Waals surface area contributed by atoms with Crippen LogP contribution in [0, 0.1) is 10.1 Å². The van der Waals surface area contributed by atoms with Crippen LogP contribution >= 0.6 is 0 Å². The fraction of sp³-hybridized carbons (Fsp3) is 0. The molecule has 0 fully saturated rings. The van der Waals surface area contributed by atoms with Crippen LogP contribution in [0.5, 0.6) is 0 Å². The number of nitrogens with one attached hydrogen (secondary N) is 1. The summed E-state index contributed by atoms with van der Waals surface area (Å²) in [6, 6.07) is 15.0. The molecular formula is C16H13N3O3. The molecule has 0 radical (unpaired) electrons. The molecule has 0 atom stereocenters. The third kappa shape index (κ3) is 4.38. The molecule has 6 nitrogen and oxygen atoms in total. The minimum absolute atomic E-state index is 0.0640. The van der Waals surface area contributed by atoms with E-state index in [-0.39, 0.29) is 5.69 Å². The highest BCUT2D eigenvalue weighted by Crippen LogP contribution is 2.11. The van der Waals surface area contributed by atoms with Gasteiger partial charge in [0.2, 0.25) is 0 Å². The molecule has 6 heteroatoms. The Hall–Kier alpha value is -3.28. The number of non-ortho nitro benzene ring substituents is 1. The second kappa shape index (κ2) is 7.49. The third-order valence-corrected chi connectivity index (χ3v) is 2.76. The summed E-state index contributed by atoms with van der Waals surface area (Å²) >= 11 is 0. The van der Waals surface area contributed by atoms with Crippen LogP contribution in [0.3, 0.4) is 0 Å². The number of amides is 1. The number of carbonyl (C=O) groups excluding carboxylic acids is 1. The van der Waals surface area contributed by atoms with Crippen LogP contribution in [0.4, 0.5) is 5.69 Å². The highest BCUT2D eigenvalue weighted by atomic mass is 16.6. The van der Waals surface area contributed by atoms with Crippen LogP contribution < -0.4 is 5.43 Å². The summed E-state index contributed by atoms with van der Waals surface area (Å²) in [7, 11) is 0. The Morgan fingerprint density at radius 2 is 1.77 bits per heavy atom. The van der Waals surface area contributed by atoms with Gasteiger partial charge in [0.25, 0.3) is 11.6 Å². The summed E-state index contributed by atoms with van der Waals surface area (Å²) in [4.78, 5) is 21.7. The van der Waals surface area contributed by atoms with Crippen molar-refractivity contribution >= 4 is 23.9 Å². The van der Waals surface area contributed by atoms with Crippen molar-refractivity contribution in [1.82, 2.24) is 5.43 Å². The van der Waals surface area contributed by atoms with Crippen LogP contribution in [0.25, 0.3) is 6.08 Å². The summed E-state index contributed by atoms with van der Waals surface area (Å²) in [5.74, 6) is -0.431. The second-order valence-electron chi connectivity index (χ2n) is 4.29. The SMILES string of the molecule is O=C(NN=CC=Cc1ccccc1)c1ccc([N+](=O)[O-])cc1. The molecule has 0 saturated carbocycles. The standard InChI is InChI=1S/C16H13N3O3/c20-16(14-8-10-15(11-9-14)19(21)22)18-17-12-4-7-13-5-2-1-3-6-13/h1-12H,(H,18,20). The van der Waals surface area contributed by atoms with Gasteiger partial charge in [-0.05, 0) is 23.8 Å². The lowest BCUT2D eigenvalue weighted by Crippen LogP contribution is -2.17. The lowest BCUT2D eigenvalue weighted by molar-refractivity contribution is -0.384. The molecule has 0 aliphatic rings. The number of allylic oxidation sites excluding steroid dienone is 1. The number of nitro benzene ring substituents is 1. The van der Waals surface area contributed by atoms with E-state index in [2.05, 4.69) is 10.5 Å². The fourth-order valence-corrected chi connectivity index (χ4v) is 1.66. The Morgan fingerprint density at radius 3 is 2.41 bits per heavy atom. The summed E-state index contributed by atoms with van der Waals surface area (Å²) in [6.45, 7) is 0. The molecule has 2 rings (SSSR count). The highest BCUT2D eigenvalue weighted by molar-refractivity contribution is 5.94. The van der Waals surface area contributed by atoms with Crippen molar-refractivity contribution in [2.75, 3.05) is 0 Å². The topological polar surface area (TPSA) is 84.6 Å². The van der Waals surface area contributed by atoms with E-state index in [0.717, 1.165) is 5.56 Å². The maximum Gasteiger partial charge on any atom is 0.271 e. The summed E-state index contributed by atoms with van der Waals surface area (Å²) < 4.78 is 0. The molecule has 0 saturated heterocycles. The largest absolute Gasteiger partial charge is 0.271 e. The maximum atomic E-state index is 11.7. The average molecular weight is 295 g/mol. The van der Waals surface area contributed by atoms with Crippen LogP contribution in [-0.2, 0) is 0 Å². The van der Waals surface area contributed by atoms with Crippen molar-refractivity contribution < 1.29 is 9.72 Å². The highest BCUT2D eigenvalue weighted by Gasteiger charge is 2.08. The fourth-order valence-electron chi connectivity index (χ4n) is 1.66. The van der Waals surface area contributed by atoms with Gasteiger partial charge in [0, 0.05) is 23.9 Å². The lowest BCUT2D eigenvalue weighted by Gasteiger charge is -1.98. The minimum atomic E-state index is -0.520. The van der Waals surface area contributed by atoms with Crippen LogP contribution in [0.2, 0.25) is 0 Å². The summed E-state index contributed by atoms with van der Waals surface area (Å²) in [5.41, 5.74) is 3.60.